The van der Waals surface area contributed by atoms with Crippen LogP contribution in [-0.2, 0) is 14.8 Å². The fourth-order valence-corrected chi connectivity index (χ4v) is 5.20. The number of piperidine rings is 1. The average Bonchev–Trinajstić information content (AvgIpc) is 2.48. The molecule has 0 aromatic heterocycles. The van der Waals surface area contributed by atoms with Crippen LogP contribution in [0.5, 0.6) is 0 Å². The molecule has 0 N–H and O–H groups in total. The SMILES string of the molecule is O=C1CC2(CCCCC2)CCN1S(=O)(=O)c1ccc(Cl)cc1. The number of hydrogen-bond acceptors (Lipinski definition) is 3. The van der Waals surface area contributed by atoms with Gasteiger partial charge in [-0.25, -0.2) is 12.7 Å². The quantitative estimate of drug-likeness (QED) is 0.825. The maximum absolute atomic E-state index is 12.6. The molecule has 2 aliphatic rings. The average molecular weight is 342 g/mol. The molecule has 22 heavy (non-hydrogen) atoms. The third-order valence-electron chi connectivity index (χ3n) is 4.97. The number of carbonyl (C=O) groups is 1. The van der Waals surface area contributed by atoms with Crippen molar-refractivity contribution in [3.8, 4) is 0 Å². The molecule has 1 aliphatic carbocycles. The summed E-state index contributed by atoms with van der Waals surface area (Å²) in [6.07, 6.45) is 6.77. The van der Waals surface area contributed by atoms with Gasteiger partial charge in [0, 0.05) is 18.0 Å². The molecule has 1 aromatic rings. The topological polar surface area (TPSA) is 54.5 Å². The Labute approximate surface area is 136 Å². The summed E-state index contributed by atoms with van der Waals surface area (Å²) in [5.41, 5.74) is 0.0430. The summed E-state index contributed by atoms with van der Waals surface area (Å²) in [6.45, 7) is 0.295. The molecule has 4 nitrogen and oxygen atoms in total. The van der Waals surface area contributed by atoms with Crippen LogP contribution >= 0.6 is 11.6 Å². The highest BCUT2D eigenvalue weighted by Crippen LogP contribution is 2.45. The number of carbonyl (C=O) groups excluding carboxylic acids is 1. The van der Waals surface area contributed by atoms with Crippen LogP contribution in [0.2, 0.25) is 5.02 Å². The Morgan fingerprint density at radius 2 is 1.64 bits per heavy atom. The summed E-state index contributed by atoms with van der Waals surface area (Å²) < 4.78 is 26.3. The van der Waals surface area contributed by atoms with Crippen LogP contribution in [0.15, 0.2) is 29.2 Å². The fourth-order valence-electron chi connectivity index (χ4n) is 3.68. The van der Waals surface area contributed by atoms with Crippen molar-refractivity contribution in [3.05, 3.63) is 29.3 Å². The van der Waals surface area contributed by atoms with E-state index in [9.17, 15) is 13.2 Å². The van der Waals surface area contributed by atoms with E-state index >= 15 is 0 Å². The lowest BCUT2D eigenvalue weighted by molar-refractivity contribution is -0.133. The van der Waals surface area contributed by atoms with E-state index in [2.05, 4.69) is 0 Å². The van der Waals surface area contributed by atoms with Crippen molar-refractivity contribution in [2.45, 2.75) is 49.8 Å². The zero-order valence-corrected chi connectivity index (χ0v) is 14.0. The van der Waals surface area contributed by atoms with Crippen molar-refractivity contribution < 1.29 is 13.2 Å². The summed E-state index contributed by atoms with van der Waals surface area (Å²) in [5.74, 6) is -0.261. The molecule has 1 saturated carbocycles. The third-order valence-corrected chi connectivity index (χ3v) is 7.05. The Balaban J connectivity index is 1.81. The lowest BCUT2D eigenvalue weighted by atomic mass is 9.68. The van der Waals surface area contributed by atoms with Gasteiger partial charge in [-0.15, -0.1) is 0 Å². The summed E-state index contributed by atoms with van der Waals surface area (Å²) in [7, 11) is -3.76. The molecule has 1 amide bonds. The van der Waals surface area contributed by atoms with E-state index in [4.69, 9.17) is 11.6 Å². The second kappa shape index (κ2) is 5.85. The highest BCUT2D eigenvalue weighted by atomic mass is 35.5. The van der Waals surface area contributed by atoms with Crippen molar-refractivity contribution in [2.24, 2.45) is 5.41 Å². The molecule has 1 heterocycles. The maximum atomic E-state index is 12.6. The van der Waals surface area contributed by atoms with Crippen molar-refractivity contribution >= 4 is 27.5 Å². The maximum Gasteiger partial charge on any atom is 0.266 e. The number of amides is 1. The minimum Gasteiger partial charge on any atom is -0.274 e. The van der Waals surface area contributed by atoms with Gasteiger partial charge in [-0.2, -0.15) is 0 Å². The molecule has 1 saturated heterocycles. The smallest absolute Gasteiger partial charge is 0.266 e. The summed E-state index contributed by atoms with van der Waals surface area (Å²) in [5, 5.41) is 0.477. The predicted octanol–water partition coefficient (Wildman–Crippen LogP) is 3.60. The Hall–Kier alpha value is -1.07. The second-order valence-electron chi connectivity index (χ2n) is 6.41. The normalized spacial score (nSPS) is 22.0. The molecule has 0 atom stereocenters. The van der Waals surface area contributed by atoms with E-state index < -0.39 is 10.0 Å². The van der Waals surface area contributed by atoms with Gasteiger partial charge >= 0.3 is 0 Å². The molecule has 0 bridgehead atoms. The first-order valence-corrected chi connectivity index (χ1v) is 9.56. The lowest BCUT2D eigenvalue weighted by Gasteiger charge is -2.43. The number of rotatable bonds is 2. The van der Waals surface area contributed by atoms with Crippen molar-refractivity contribution in [1.82, 2.24) is 4.31 Å². The van der Waals surface area contributed by atoms with Gasteiger partial charge in [0.2, 0.25) is 5.91 Å². The van der Waals surface area contributed by atoms with Gasteiger partial charge in [0.15, 0.2) is 0 Å². The monoisotopic (exact) mass is 341 g/mol. The molecule has 1 aliphatic heterocycles. The van der Waals surface area contributed by atoms with Crippen LogP contribution < -0.4 is 0 Å². The highest BCUT2D eigenvalue weighted by molar-refractivity contribution is 7.89. The highest BCUT2D eigenvalue weighted by Gasteiger charge is 2.43. The van der Waals surface area contributed by atoms with Crippen LogP contribution in [0.1, 0.15) is 44.9 Å². The van der Waals surface area contributed by atoms with E-state index in [-0.39, 0.29) is 16.2 Å². The second-order valence-corrected chi connectivity index (χ2v) is 8.71. The van der Waals surface area contributed by atoms with Gasteiger partial charge in [-0.1, -0.05) is 30.9 Å². The predicted molar refractivity (Wildman–Crippen MR) is 85.1 cm³/mol. The van der Waals surface area contributed by atoms with Gasteiger partial charge in [0.1, 0.15) is 0 Å². The third kappa shape index (κ3) is 2.88. The first-order chi connectivity index (χ1) is 10.4. The van der Waals surface area contributed by atoms with E-state index in [0.29, 0.717) is 18.0 Å². The molecule has 6 heteroatoms. The van der Waals surface area contributed by atoms with Crippen LogP contribution in [0.4, 0.5) is 0 Å². The van der Waals surface area contributed by atoms with Crippen LogP contribution in [0, 0.1) is 5.41 Å². The standard InChI is InChI=1S/C16H20ClNO3S/c17-13-4-6-14(7-5-13)22(20,21)18-11-10-16(12-15(18)19)8-2-1-3-9-16/h4-7H,1-3,8-12H2. The molecule has 0 radical (unpaired) electrons. The van der Waals surface area contributed by atoms with E-state index in [1.165, 1.54) is 30.7 Å². The summed E-state index contributed by atoms with van der Waals surface area (Å²) in [6, 6.07) is 5.98. The Morgan fingerprint density at radius 1 is 1.00 bits per heavy atom. The Kier molecular flexibility index (Phi) is 4.21. The lowest BCUT2D eigenvalue weighted by Crippen LogP contribution is -2.47. The van der Waals surface area contributed by atoms with Crippen LogP contribution in [0.3, 0.4) is 0 Å². The summed E-state index contributed by atoms with van der Waals surface area (Å²) in [4.78, 5) is 12.6. The zero-order valence-electron chi connectivity index (χ0n) is 12.4. The van der Waals surface area contributed by atoms with Gasteiger partial charge < -0.3 is 0 Å². The fraction of sp³-hybridized carbons (Fsp3) is 0.562. The molecule has 1 spiro atoms. The van der Waals surface area contributed by atoms with Gasteiger partial charge in [0.25, 0.3) is 10.0 Å². The number of hydrogen-bond donors (Lipinski definition) is 0. The van der Waals surface area contributed by atoms with E-state index in [0.717, 1.165) is 36.4 Å². The number of halogens is 1. The number of sulfonamides is 1. The molecule has 3 rings (SSSR count). The minimum absolute atomic E-state index is 0.0430. The molecular formula is C16H20ClNO3S. The van der Waals surface area contributed by atoms with Crippen molar-refractivity contribution in [1.29, 1.82) is 0 Å². The minimum atomic E-state index is -3.76. The Morgan fingerprint density at radius 3 is 2.23 bits per heavy atom. The van der Waals surface area contributed by atoms with Gasteiger partial charge in [0.05, 0.1) is 4.90 Å². The van der Waals surface area contributed by atoms with E-state index in [1.54, 1.807) is 0 Å². The summed E-state index contributed by atoms with van der Waals surface area (Å²) >= 11 is 5.80. The molecule has 0 unspecified atom stereocenters. The number of nitrogens with zero attached hydrogens (tertiary/aromatic N) is 1. The first-order valence-electron chi connectivity index (χ1n) is 7.74. The largest absolute Gasteiger partial charge is 0.274 e. The number of benzene rings is 1. The van der Waals surface area contributed by atoms with Gasteiger partial charge in [-0.05, 0) is 48.9 Å². The molecular weight excluding hydrogens is 322 g/mol. The first kappa shape index (κ1) is 15.8. The van der Waals surface area contributed by atoms with Crippen molar-refractivity contribution in [2.75, 3.05) is 6.54 Å². The zero-order chi connectivity index (χ0) is 15.8. The molecule has 120 valence electrons. The van der Waals surface area contributed by atoms with Gasteiger partial charge in [-0.3, -0.25) is 4.79 Å². The molecule has 2 fully saturated rings. The van der Waals surface area contributed by atoms with E-state index in [1.807, 2.05) is 0 Å². The Bertz CT molecular complexity index is 663. The van der Waals surface area contributed by atoms with Crippen molar-refractivity contribution in [3.63, 3.8) is 0 Å². The van der Waals surface area contributed by atoms with Crippen LogP contribution in [0.25, 0.3) is 0 Å². The molecule has 1 aromatic carbocycles. The van der Waals surface area contributed by atoms with Crippen LogP contribution in [-0.4, -0.2) is 25.2 Å².